The van der Waals surface area contributed by atoms with Gasteiger partial charge in [-0.3, -0.25) is 72.1 Å². The number of hydroxylamine groups is 1. The van der Waals surface area contributed by atoms with Crippen LogP contribution in [0.15, 0.2) is 65.8 Å². The summed E-state index contributed by atoms with van der Waals surface area (Å²) >= 11 is 0. The van der Waals surface area contributed by atoms with Gasteiger partial charge in [-0.1, -0.05) is 68.3 Å². The number of aliphatic hydroxyl groups is 1. The van der Waals surface area contributed by atoms with E-state index < -0.39 is 182 Å². The van der Waals surface area contributed by atoms with Crippen molar-refractivity contribution in [3.63, 3.8) is 0 Å². The number of likely N-dealkylation sites (tertiary alicyclic amines) is 1. The van der Waals surface area contributed by atoms with E-state index in [1.165, 1.54) is 0 Å². The molecule has 2 aromatic carbocycles. The Morgan fingerprint density at radius 3 is 2.06 bits per heavy atom. The molecule has 0 spiro atoms. The Morgan fingerprint density at radius 2 is 1.37 bits per heavy atom. The third-order valence-electron chi connectivity index (χ3n) is 16.6. The molecule has 6 rings (SSSR count). The molecule has 528 valence electrons. The van der Waals surface area contributed by atoms with E-state index in [0.717, 1.165) is 27.6 Å². The van der Waals surface area contributed by atoms with Gasteiger partial charge in [-0.15, -0.1) is 0 Å². The Kier molecular flexibility index (Phi) is 29.0. The molecule has 3 aliphatic rings. The highest BCUT2D eigenvalue weighted by atomic mass is 16.7. The van der Waals surface area contributed by atoms with E-state index >= 15 is 4.79 Å². The minimum Gasteiger partial charge on any atom is -0.391 e. The van der Waals surface area contributed by atoms with Crippen molar-refractivity contribution in [2.24, 2.45) is 33.7 Å². The predicted molar refractivity (Wildman–Crippen MR) is 348 cm³/mol. The third-order valence-corrected chi connectivity index (χ3v) is 16.6. The zero-order valence-electron chi connectivity index (χ0n) is 54.3. The quantitative estimate of drug-likeness (QED) is 0.0228. The maximum Gasteiger partial charge on any atom is 0.324 e. The molecule has 13 amide bonds. The van der Waals surface area contributed by atoms with Crippen molar-refractivity contribution in [2.45, 2.75) is 190 Å². The lowest BCUT2D eigenvalue weighted by atomic mass is 10.0. The summed E-state index contributed by atoms with van der Waals surface area (Å²) in [6, 6.07) is 0.890. The molecule has 0 bridgehead atoms. The van der Waals surface area contributed by atoms with Gasteiger partial charge >= 0.3 is 5.97 Å². The van der Waals surface area contributed by atoms with Crippen LogP contribution in [0, 0.1) is 0 Å². The highest BCUT2D eigenvalue weighted by Gasteiger charge is 2.45. The molecule has 0 radical (unpaired) electrons. The van der Waals surface area contributed by atoms with Crippen LogP contribution in [-0.4, -0.2) is 201 Å². The number of aromatic nitrogens is 1. The largest absolute Gasteiger partial charge is 0.391 e. The smallest absolute Gasteiger partial charge is 0.324 e. The van der Waals surface area contributed by atoms with Gasteiger partial charge < -0.3 is 95.9 Å². The van der Waals surface area contributed by atoms with Gasteiger partial charge in [0.25, 0.3) is 0 Å². The van der Waals surface area contributed by atoms with E-state index in [9.17, 15) is 67.4 Å². The summed E-state index contributed by atoms with van der Waals surface area (Å²) in [6.45, 7) is 2.33. The number of nitrogens with one attached hydrogen (secondary N) is 10. The summed E-state index contributed by atoms with van der Waals surface area (Å²) in [5.74, 6) is -13.1. The molecule has 1 unspecified atom stereocenters. The maximum absolute atomic E-state index is 15.1. The van der Waals surface area contributed by atoms with Crippen molar-refractivity contribution in [1.29, 1.82) is 0 Å². The van der Waals surface area contributed by atoms with Crippen LogP contribution in [0.4, 0.5) is 0 Å². The first-order valence-electron chi connectivity index (χ1n) is 32.3. The molecule has 0 saturated carbocycles. The van der Waals surface area contributed by atoms with Gasteiger partial charge in [0.05, 0.1) is 18.9 Å². The highest BCUT2D eigenvalue weighted by molar-refractivity contribution is 6.01. The van der Waals surface area contributed by atoms with Gasteiger partial charge in [0, 0.05) is 75.9 Å². The van der Waals surface area contributed by atoms with E-state index in [2.05, 4.69) is 58.0 Å². The van der Waals surface area contributed by atoms with Gasteiger partial charge in [0.15, 0.2) is 5.96 Å². The van der Waals surface area contributed by atoms with Crippen LogP contribution in [-0.2, 0) is 84.8 Å². The number of unbranched alkanes of at least 4 members (excludes halogenated alkanes) is 1. The SMILES string of the molecule is CCCC[C@H](NC(=O)[C@@H]1CCCN1C(=O)[C@H](CC(N)=O)NC(=O)[C@H](CC(N)=O)NC(C)=O)C(=O)N[C@H]1CCC(=O)ONCCCC[C@@H](C(N)=O)NC(=O)[C@H](Cc2c[nH]c3ccccc23)NC(=O)[C@H](CCCN=C(N)N)NC(=O)[C@@H](Cc2ccccc2)NC(=O)[C@@H]2CC(O)CN2C1=O. The van der Waals surface area contributed by atoms with Crippen LogP contribution in [0.2, 0.25) is 0 Å². The molecule has 34 nitrogen and oxygen atoms in total. The number of aliphatic imine (C=N–C) groups is 1. The standard InChI is InChI=1S/C63H90N18O16/c1-3-4-17-41(75-59(93)48-21-13-26-80(48)62(96)47(31-51(65)85)79-58(92)46(30-50(64)84)72-34(2)82)54(88)76-43-22-23-52(86)97-71-25-11-10-19-40(53(66)87)73-57(91)45(28-36-32-70-39-18-9-8-16-38(36)39)77-55(89)42(20-12-24-69-63(67)68)74-56(90)44(27-35-14-6-5-7-15-35)78-60(94)49-29-37(83)33-81(49)61(43)95/h5-9,14-16,18,32,37,40-49,70-71,83H,3-4,10-13,17,19-31,33H2,1-2H3,(H2,64,84)(H2,65,85)(H2,66,87)(H,72,82)(H,73,91)(H,74,90)(H,75,93)(H,76,88)(H,77,89)(H,78,94)(H,79,92)(H4,67,68,69)/t37?,40-,41-,42-,43-,44+,45-,46-,47-,48-,49-/m0/s1. The zero-order chi connectivity index (χ0) is 70.9. The lowest BCUT2D eigenvalue weighted by molar-refractivity contribution is -0.152. The highest BCUT2D eigenvalue weighted by Crippen LogP contribution is 2.24. The number of fused-ring (bicyclic) bond motifs is 2. The molecule has 3 aromatic rings. The Hall–Kier alpha value is -10.3. The summed E-state index contributed by atoms with van der Waals surface area (Å²) in [5, 5.41) is 32.8. The number of nitrogens with two attached hydrogens (primary N) is 5. The molecule has 11 atom stereocenters. The van der Waals surface area contributed by atoms with Crippen molar-refractivity contribution in [2.75, 3.05) is 26.2 Å². The van der Waals surface area contributed by atoms with Crippen molar-refractivity contribution in [3.8, 4) is 0 Å². The Balaban J connectivity index is 1.31. The average Bonchev–Trinajstić information content (AvgIpc) is 1.74. The molecule has 0 aliphatic carbocycles. The van der Waals surface area contributed by atoms with Crippen LogP contribution in [0.5, 0.6) is 0 Å². The first-order chi connectivity index (χ1) is 46.2. The third kappa shape index (κ3) is 23.3. The van der Waals surface area contributed by atoms with Crippen molar-refractivity contribution in [3.05, 3.63) is 71.9 Å². The number of carbonyl (C=O) groups is 14. The van der Waals surface area contributed by atoms with E-state index in [4.69, 9.17) is 33.5 Å². The van der Waals surface area contributed by atoms with Gasteiger partial charge in [-0.2, -0.15) is 5.48 Å². The topological polar surface area (TPSA) is 541 Å². The molecular formula is C63H90N18O16. The summed E-state index contributed by atoms with van der Waals surface area (Å²) in [7, 11) is 0. The van der Waals surface area contributed by atoms with Gasteiger partial charge in [-0.25, -0.2) is 0 Å². The molecule has 3 aliphatic heterocycles. The average molecular weight is 1360 g/mol. The maximum atomic E-state index is 15.1. The van der Waals surface area contributed by atoms with Crippen molar-refractivity contribution >= 4 is 99.6 Å². The number of amides is 13. The molecule has 1 aromatic heterocycles. The Bertz CT molecular complexity index is 3350. The Morgan fingerprint density at radius 1 is 0.711 bits per heavy atom. The number of H-pyrrole nitrogens is 1. The molecule has 3 saturated heterocycles. The van der Waals surface area contributed by atoms with E-state index in [0.29, 0.717) is 24.0 Å². The molecule has 3 fully saturated rings. The predicted octanol–water partition coefficient (Wildman–Crippen LogP) is -4.70. The molecule has 4 heterocycles. The normalized spacial score (nSPS) is 22.8. The number of primary amides is 3. The number of rotatable bonds is 24. The fourth-order valence-electron chi connectivity index (χ4n) is 11.7. The Labute approximate surface area is 558 Å². The molecule has 34 heteroatoms. The summed E-state index contributed by atoms with van der Waals surface area (Å²) in [5.41, 5.74) is 32.2. The van der Waals surface area contributed by atoms with E-state index in [1.54, 1.807) is 49.5 Å². The van der Waals surface area contributed by atoms with Crippen LogP contribution >= 0.6 is 0 Å². The fourth-order valence-corrected chi connectivity index (χ4v) is 11.7. The zero-order valence-corrected chi connectivity index (χ0v) is 54.3. The van der Waals surface area contributed by atoms with Gasteiger partial charge in [-0.05, 0) is 75.0 Å². The minimum atomic E-state index is -1.69. The number of aromatic amines is 1. The molecule has 97 heavy (non-hydrogen) atoms. The number of para-hydroxylation sites is 1. The first-order valence-corrected chi connectivity index (χ1v) is 32.3. The minimum absolute atomic E-state index is 0.00460. The van der Waals surface area contributed by atoms with Crippen LogP contribution in [0.3, 0.4) is 0 Å². The number of hydrogen-bond acceptors (Lipinski definition) is 18. The second-order valence-corrected chi connectivity index (χ2v) is 24.3. The number of nitrogens with zero attached hydrogens (tertiary/aromatic N) is 3. The number of aliphatic hydroxyl groups excluding tert-OH is 1. The monoisotopic (exact) mass is 1350 g/mol. The number of benzene rings is 2. The fraction of sp³-hybridized carbons (Fsp3) is 0.540. The van der Waals surface area contributed by atoms with Crippen molar-refractivity contribution in [1.82, 2.24) is 62.8 Å². The molecular weight excluding hydrogens is 1260 g/mol. The number of hydrogen-bond donors (Lipinski definition) is 16. The van der Waals surface area contributed by atoms with Crippen LogP contribution < -0.4 is 76.7 Å². The van der Waals surface area contributed by atoms with Crippen LogP contribution in [0.25, 0.3) is 10.9 Å². The van der Waals surface area contributed by atoms with Crippen molar-refractivity contribution < 1.29 is 77.1 Å². The molecule has 21 N–H and O–H groups in total. The van der Waals surface area contributed by atoms with Gasteiger partial charge in [0.2, 0.25) is 76.8 Å². The summed E-state index contributed by atoms with van der Waals surface area (Å²) < 4.78 is 0. The number of carbonyl (C=O) groups excluding carboxylic acids is 14. The lowest BCUT2D eigenvalue weighted by Gasteiger charge is -2.32. The lowest BCUT2D eigenvalue weighted by Crippen LogP contribution is -2.60. The summed E-state index contributed by atoms with van der Waals surface area (Å²) in [4.78, 5) is 208. The summed E-state index contributed by atoms with van der Waals surface area (Å²) in [6.07, 6.45) is -1.36. The van der Waals surface area contributed by atoms with Gasteiger partial charge in [0.1, 0.15) is 60.4 Å². The van der Waals surface area contributed by atoms with E-state index in [-0.39, 0.29) is 96.2 Å². The number of guanidine groups is 1. The second-order valence-electron chi connectivity index (χ2n) is 24.3. The van der Waals surface area contributed by atoms with Crippen LogP contribution in [0.1, 0.15) is 121 Å². The second kappa shape index (κ2) is 37.2. The van der Waals surface area contributed by atoms with E-state index in [1.807, 2.05) is 18.2 Å². The first kappa shape index (κ1) is 75.8.